The number of nitrogens with one attached hydrogen (secondary N) is 2. The second kappa shape index (κ2) is 8.16. The average molecular weight is 314 g/mol. The Kier molecular flexibility index (Phi) is 6.52. The van der Waals surface area contributed by atoms with Gasteiger partial charge in [0.15, 0.2) is 5.96 Å². The zero-order chi connectivity index (χ0) is 15.2. The Morgan fingerprint density at radius 2 is 2.05 bits per heavy atom. The van der Waals surface area contributed by atoms with Crippen LogP contribution in [-0.2, 0) is 10.8 Å². The van der Waals surface area contributed by atoms with E-state index in [1.165, 1.54) is 32.1 Å². The minimum Gasteiger partial charge on any atom is -0.354 e. The predicted molar refractivity (Wildman–Crippen MR) is 91.2 cm³/mol. The van der Waals surface area contributed by atoms with Crippen LogP contribution in [0.2, 0.25) is 0 Å². The molecule has 2 fully saturated rings. The van der Waals surface area contributed by atoms with Crippen LogP contribution in [-0.4, -0.2) is 40.3 Å². The van der Waals surface area contributed by atoms with E-state index < -0.39 is 10.8 Å². The van der Waals surface area contributed by atoms with Crippen LogP contribution in [0.4, 0.5) is 0 Å². The molecule has 0 saturated heterocycles. The second-order valence-corrected chi connectivity index (χ2v) is 8.41. The van der Waals surface area contributed by atoms with E-state index in [9.17, 15) is 4.21 Å². The average Bonchev–Trinajstić information content (AvgIpc) is 3.24. The maximum atomic E-state index is 12.0. The molecule has 0 bridgehead atoms. The zero-order valence-electron chi connectivity index (χ0n) is 13.7. The Balaban J connectivity index is 1.78. The second-order valence-electron chi connectivity index (χ2n) is 6.41. The maximum absolute atomic E-state index is 12.0. The number of nitrogens with zero attached hydrogens (tertiary/aromatic N) is 1. The molecule has 4 nitrogen and oxygen atoms in total. The van der Waals surface area contributed by atoms with Crippen LogP contribution in [0.5, 0.6) is 0 Å². The van der Waals surface area contributed by atoms with E-state index in [1.54, 1.807) is 0 Å². The van der Waals surface area contributed by atoms with Crippen LogP contribution in [0.1, 0.15) is 58.8 Å². The Bertz CT molecular complexity index is 386. The van der Waals surface area contributed by atoms with E-state index in [2.05, 4.69) is 22.5 Å². The van der Waals surface area contributed by atoms with E-state index in [4.69, 9.17) is 0 Å². The Hall–Kier alpha value is -0.580. The summed E-state index contributed by atoms with van der Waals surface area (Å²) >= 11 is 0. The van der Waals surface area contributed by atoms with Crippen molar-refractivity contribution in [3.05, 3.63) is 0 Å². The van der Waals surface area contributed by atoms with Crippen LogP contribution in [0, 0.1) is 5.92 Å². The van der Waals surface area contributed by atoms with Crippen molar-refractivity contribution in [1.29, 1.82) is 0 Å². The molecule has 0 aromatic heterocycles. The normalized spacial score (nSPS) is 34.3. The van der Waals surface area contributed by atoms with Gasteiger partial charge in [0, 0.05) is 40.9 Å². The first-order chi connectivity index (χ1) is 10.2. The van der Waals surface area contributed by atoms with Gasteiger partial charge in [0.05, 0.1) is 0 Å². The van der Waals surface area contributed by atoms with Gasteiger partial charge in [-0.2, -0.15) is 0 Å². The molecule has 2 rings (SSSR count). The van der Waals surface area contributed by atoms with Crippen molar-refractivity contribution in [1.82, 2.24) is 10.6 Å². The molecule has 5 atom stereocenters. The van der Waals surface area contributed by atoms with Crippen molar-refractivity contribution in [3.8, 4) is 0 Å². The number of aliphatic imine (C=N–C) groups is 1. The van der Waals surface area contributed by atoms with E-state index in [0.717, 1.165) is 30.5 Å². The van der Waals surface area contributed by atoms with Crippen molar-refractivity contribution in [2.45, 2.75) is 76.1 Å². The molecule has 0 spiro atoms. The quantitative estimate of drug-likeness (QED) is 0.585. The first-order valence-electron chi connectivity index (χ1n) is 8.54. The summed E-state index contributed by atoms with van der Waals surface area (Å²) in [7, 11) is 1.19. The fourth-order valence-corrected chi connectivity index (χ4v) is 4.75. The summed E-state index contributed by atoms with van der Waals surface area (Å²) < 4.78 is 12.0. The number of hydrogen-bond donors (Lipinski definition) is 2. The first-order valence-corrected chi connectivity index (χ1v) is 9.93. The number of guanidine groups is 1. The van der Waals surface area contributed by atoms with Crippen molar-refractivity contribution < 1.29 is 4.21 Å². The summed E-state index contributed by atoms with van der Waals surface area (Å²) in [6, 6.07) is 1.04. The van der Waals surface area contributed by atoms with E-state index in [0.29, 0.717) is 17.3 Å². The van der Waals surface area contributed by atoms with Crippen LogP contribution < -0.4 is 10.6 Å². The van der Waals surface area contributed by atoms with Crippen molar-refractivity contribution in [3.63, 3.8) is 0 Å². The molecule has 2 saturated carbocycles. The summed E-state index contributed by atoms with van der Waals surface area (Å²) in [5.74, 6) is 2.55. The van der Waals surface area contributed by atoms with Gasteiger partial charge in [0.25, 0.3) is 0 Å². The van der Waals surface area contributed by atoms with Gasteiger partial charge in [-0.25, -0.2) is 0 Å². The summed E-state index contributed by atoms with van der Waals surface area (Å²) in [5, 5.41) is 7.47. The molecule has 2 aliphatic carbocycles. The third-order valence-electron chi connectivity index (χ3n) is 4.75. The third kappa shape index (κ3) is 4.97. The Morgan fingerprint density at radius 1 is 1.24 bits per heavy atom. The van der Waals surface area contributed by atoms with Gasteiger partial charge >= 0.3 is 0 Å². The fraction of sp³-hybridized carbons (Fsp3) is 0.938. The third-order valence-corrected chi connectivity index (χ3v) is 6.49. The molecule has 21 heavy (non-hydrogen) atoms. The molecule has 0 radical (unpaired) electrons. The lowest BCUT2D eigenvalue weighted by atomic mass is 9.95. The molecule has 122 valence electrons. The fourth-order valence-electron chi connectivity index (χ4n) is 3.40. The highest BCUT2D eigenvalue weighted by Crippen LogP contribution is 2.34. The molecular formula is C16H31N3OS. The van der Waals surface area contributed by atoms with Gasteiger partial charge in [-0.1, -0.05) is 26.7 Å². The van der Waals surface area contributed by atoms with Crippen LogP contribution in [0.15, 0.2) is 4.99 Å². The molecule has 5 unspecified atom stereocenters. The minimum absolute atomic E-state index is 0.369. The van der Waals surface area contributed by atoms with Gasteiger partial charge in [0.1, 0.15) is 0 Å². The maximum Gasteiger partial charge on any atom is 0.191 e. The van der Waals surface area contributed by atoms with Crippen molar-refractivity contribution in [2.75, 3.05) is 12.8 Å². The van der Waals surface area contributed by atoms with Gasteiger partial charge in [-0.3, -0.25) is 9.20 Å². The summed E-state index contributed by atoms with van der Waals surface area (Å²) in [5.41, 5.74) is 0. The molecular weight excluding hydrogens is 282 g/mol. The molecule has 0 aromatic rings. The van der Waals surface area contributed by atoms with Gasteiger partial charge < -0.3 is 10.6 Å². The van der Waals surface area contributed by atoms with E-state index in [1.807, 2.05) is 14.0 Å². The van der Waals surface area contributed by atoms with Gasteiger partial charge in [-0.15, -0.1) is 0 Å². The largest absolute Gasteiger partial charge is 0.354 e. The van der Waals surface area contributed by atoms with Crippen LogP contribution >= 0.6 is 0 Å². The number of hydrogen-bond acceptors (Lipinski definition) is 2. The minimum atomic E-state index is -0.658. The first kappa shape index (κ1) is 16.8. The monoisotopic (exact) mass is 313 g/mol. The molecule has 0 heterocycles. The van der Waals surface area contributed by atoms with Gasteiger partial charge in [0.2, 0.25) is 0 Å². The predicted octanol–water partition coefficient (Wildman–Crippen LogP) is 2.42. The van der Waals surface area contributed by atoms with E-state index >= 15 is 0 Å². The Labute approximate surface area is 132 Å². The van der Waals surface area contributed by atoms with Crippen molar-refractivity contribution >= 4 is 16.8 Å². The highest BCUT2D eigenvalue weighted by Gasteiger charge is 2.37. The van der Waals surface area contributed by atoms with Crippen LogP contribution in [0.3, 0.4) is 0 Å². The zero-order valence-corrected chi connectivity index (χ0v) is 14.5. The highest BCUT2D eigenvalue weighted by molar-refractivity contribution is 7.85. The molecule has 0 amide bonds. The molecule has 5 heteroatoms. The standard InChI is InChI=1S/C16H31N3OS/c1-4-7-12-10-15(12)19-16(17-3)18-13-8-6-9-14(11-13)21(20)5-2/h12-15H,4-11H2,1-3H3,(H2,17,18,19). The summed E-state index contributed by atoms with van der Waals surface area (Å²) in [4.78, 5) is 4.37. The summed E-state index contributed by atoms with van der Waals surface area (Å²) in [6.45, 7) is 4.27. The molecule has 0 aromatic carbocycles. The van der Waals surface area contributed by atoms with Crippen LogP contribution in [0.25, 0.3) is 0 Å². The highest BCUT2D eigenvalue weighted by atomic mass is 32.2. The van der Waals surface area contributed by atoms with E-state index in [-0.39, 0.29) is 0 Å². The summed E-state index contributed by atoms with van der Waals surface area (Å²) in [6.07, 6.45) is 8.34. The van der Waals surface area contributed by atoms with Crippen molar-refractivity contribution in [2.24, 2.45) is 10.9 Å². The molecule has 2 aliphatic rings. The molecule has 0 aliphatic heterocycles. The Morgan fingerprint density at radius 3 is 2.71 bits per heavy atom. The SMILES string of the molecule is CCCC1CC1NC(=NC)NC1CCCC(S(=O)CC)C1. The number of rotatable bonds is 6. The lowest BCUT2D eigenvalue weighted by molar-refractivity contribution is 0.413. The smallest absolute Gasteiger partial charge is 0.191 e. The lowest BCUT2D eigenvalue weighted by Crippen LogP contribution is -2.47. The lowest BCUT2D eigenvalue weighted by Gasteiger charge is -2.30. The van der Waals surface area contributed by atoms with Gasteiger partial charge in [-0.05, 0) is 38.0 Å². The topological polar surface area (TPSA) is 53.5 Å². The molecule has 2 N–H and O–H groups in total.